The molecule has 144 valence electrons. The van der Waals surface area contributed by atoms with Crippen molar-refractivity contribution in [1.82, 2.24) is 20.1 Å². The molecule has 0 saturated carbocycles. The lowest BCUT2D eigenvalue weighted by atomic mass is 10.2. The first kappa shape index (κ1) is 19.4. The van der Waals surface area contributed by atoms with E-state index in [0.717, 1.165) is 11.3 Å². The number of nitrogens with zero attached hydrogens (tertiary/aromatic N) is 3. The molecule has 0 bridgehead atoms. The molecule has 0 spiro atoms. The van der Waals surface area contributed by atoms with Crippen molar-refractivity contribution in [3.63, 3.8) is 0 Å². The Labute approximate surface area is 166 Å². The van der Waals surface area contributed by atoms with E-state index in [-0.39, 0.29) is 0 Å². The van der Waals surface area contributed by atoms with Gasteiger partial charge in [0.1, 0.15) is 5.75 Å². The number of primary amides is 1. The zero-order valence-electron chi connectivity index (χ0n) is 15.3. The minimum Gasteiger partial charge on any atom is -0.497 e. The van der Waals surface area contributed by atoms with Gasteiger partial charge >= 0.3 is 6.03 Å². The van der Waals surface area contributed by atoms with E-state index >= 15 is 0 Å². The second-order valence-electron chi connectivity index (χ2n) is 5.82. The van der Waals surface area contributed by atoms with Crippen molar-refractivity contribution in [3.05, 3.63) is 54.6 Å². The first-order valence-electron chi connectivity index (χ1n) is 8.42. The van der Waals surface area contributed by atoms with Crippen LogP contribution in [0.2, 0.25) is 0 Å². The molecule has 8 nitrogen and oxygen atoms in total. The van der Waals surface area contributed by atoms with E-state index < -0.39 is 17.2 Å². The number of imide groups is 1. The van der Waals surface area contributed by atoms with Gasteiger partial charge in [0.15, 0.2) is 11.0 Å². The predicted molar refractivity (Wildman–Crippen MR) is 106 cm³/mol. The first-order valence-corrected chi connectivity index (χ1v) is 9.29. The van der Waals surface area contributed by atoms with Gasteiger partial charge in [0.25, 0.3) is 0 Å². The molecule has 0 fully saturated rings. The summed E-state index contributed by atoms with van der Waals surface area (Å²) >= 11 is 1.18. The Morgan fingerprint density at radius 1 is 1.14 bits per heavy atom. The van der Waals surface area contributed by atoms with Crippen molar-refractivity contribution in [2.45, 2.75) is 17.3 Å². The fraction of sp³-hybridized carbons (Fsp3) is 0.158. The van der Waals surface area contributed by atoms with E-state index in [9.17, 15) is 9.59 Å². The van der Waals surface area contributed by atoms with Crippen LogP contribution in [-0.2, 0) is 4.79 Å². The molecule has 1 aromatic heterocycles. The van der Waals surface area contributed by atoms with E-state index in [4.69, 9.17) is 10.5 Å². The van der Waals surface area contributed by atoms with Gasteiger partial charge in [-0.25, -0.2) is 4.79 Å². The maximum Gasteiger partial charge on any atom is 0.318 e. The van der Waals surface area contributed by atoms with E-state index in [1.165, 1.54) is 11.8 Å². The highest BCUT2D eigenvalue weighted by atomic mass is 32.2. The van der Waals surface area contributed by atoms with Gasteiger partial charge in [-0.1, -0.05) is 42.1 Å². The third kappa shape index (κ3) is 4.32. The minimum atomic E-state index is -0.890. The maximum absolute atomic E-state index is 12.1. The molecule has 1 atom stereocenters. The van der Waals surface area contributed by atoms with Crippen LogP contribution in [0.15, 0.2) is 59.8 Å². The number of amides is 3. The molecule has 9 heteroatoms. The van der Waals surface area contributed by atoms with Crippen molar-refractivity contribution < 1.29 is 14.3 Å². The summed E-state index contributed by atoms with van der Waals surface area (Å²) in [6.45, 7) is 1.66. The molecule has 0 unspecified atom stereocenters. The van der Waals surface area contributed by atoms with E-state index in [2.05, 4.69) is 15.5 Å². The number of urea groups is 1. The van der Waals surface area contributed by atoms with Crippen molar-refractivity contribution in [2.24, 2.45) is 5.73 Å². The highest BCUT2D eigenvalue weighted by Gasteiger charge is 2.22. The fourth-order valence-electron chi connectivity index (χ4n) is 2.54. The normalized spacial score (nSPS) is 11.6. The Kier molecular flexibility index (Phi) is 5.95. The number of para-hydroxylation sites is 1. The van der Waals surface area contributed by atoms with Gasteiger partial charge in [-0.15, -0.1) is 10.2 Å². The summed E-state index contributed by atoms with van der Waals surface area (Å²) in [6, 6.07) is 16.2. The van der Waals surface area contributed by atoms with E-state index in [1.807, 2.05) is 59.2 Å². The van der Waals surface area contributed by atoms with Crippen LogP contribution in [-0.4, -0.2) is 39.1 Å². The molecule has 0 aliphatic carbocycles. The van der Waals surface area contributed by atoms with Gasteiger partial charge in [0, 0.05) is 11.3 Å². The molecule has 3 aromatic rings. The standard InChI is InChI=1S/C19H19N5O3S/c1-12(17(25)21-18(20)26)28-19-23-22-16(13-7-6-10-15(11-13)27-2)24(19)14-8-4-3-5-9-14/h3-12H,1-2H3,(H3,20,21,25,26)/t12-/m1/s1. The second kappa shape index (κ2) is 8.57. The van der Waals surface area contributed by atoms with Gasteiger partial charge in [-0.2, -0.15) is 0 Å². The van der Waals surface area contributed by atoms with Crippen molar-refractivity contribution in [2.75, 3.05) is 7.11 Å². The summed E-state index contributed by atoms with van der Waals surface area (Å²) in [4.78, 5) is 23.0. The number of methoxy groups -OCH3 is 1. The summed E-state index contributed by atoms with van der Waals surface area (Å²) < 4.78 is 7.16. The molecule has 28 heavy (non-hydrogen) atoms. The lowest BCUT2D eigenvalue weighted by Gasteiger charge is -2.13. The zero-order chi connectivity index (χ0) is 20.1. The number of carbonyl (C=O) groups is 2. The fourth-order valence-corrected chi connectivity index (χ4v) is 3.41. The number of nitrogens with two attached hydrogens (primary N) is 1. The largest absolute Gasteiger partial charge is 0.497 e. The lowest BCUT2D eigenvalue weighted by molar-refractivity contribution is -0.119. The number of nitrogens with one attached hydrogen (secondary N) is 1. The second-order valence-corrected chi connectivity index (χ2v) is 7.13. The van der Waals surface area contributed by atoms with Crippen molar-refractivity contribution >= 4 is 23.7 Å². The molecule has 1 heterocycles. The minimum absolute atomic E-state index is 0.497. The van der Waals surface area contributed by atoms with Gasteiger partial charge in [0.05, 0.1) is 12.4 Å². The molecule has 3 amide bonds. The van der Waals surface area contributed by atoms with E-state index in [1.54, 1.807) is 14.0 Å². The lowest BCUT2D eigenvalue weighted by Crippen LogP contribution is -2.39. The molecular formula is C19H19N5O3S. The summed E-state index contributed by atoms with van der Waals surface area (Å²) in [5.41, 5.74) is 6.69. The molecule has 0 aliphatic heterocycles. The average Bonchev–Trinajstić information content (AvgIpc) is 3.11. The Bertz CT molecular complexity index is 990. The number of aromatic nitrogens is 3. The number of benzene rings is 2. The Morgan fingerprint density at radius 3 is 2.57 bits per heavy atom. The number of hydrogen-bond donors (Lipinski definition) is 2. The van der Waals surface area contributed by atoms with Crippen LogP contribution in [0.5, 0.6) is 5.75 Å². The van der Waals surface area contributed by atoms with Crippen LogP contribution < -0.4 is 15.8 Å². The van der Waals surface area contributed by atoms with Crippen LogP contribution in [0.1, 0.15) is 6.92 Å². The Balaban J connectivity index is 2.03. The van der Waals surface area contributed by atoms with Crippen LogP contribution in [0.4, 0.5) is 4.79 Å². The summed E-state index contributed by atoms with van der Waals surface area (Å²) in [5.74, 6) is 0.807. The van der Waals surface area contributed by atoms with Crippen LogP contribution in [0.25, 0.3) is 17.1 Å². The number of rotatable bonds is 6. The quantitative estimate of drug-likeness (QED) is 0.619. The van der Waals surface area contributed by atoms with Crippen LogP contribution >= 0.6 is 11.8 Å². The zero-order valence-corrected chi connectivity index (χ0v) is 16.1. The number of thioether (sulfide) groups is 1. The SMILES string of the molecule is COc1cccc(-c2nnc(S[C@H](C)C(=O)NC(N)=O)n2-c2ccccc2)c1. The van der Waals surface area contributed by atoms with Gasteiger partial charge in [-0.05, 0) is 31.2 Å². The maximum atomic E-state index is 12.1. The first-order chi connectivity index (χ1) is 13.5. The third-order valence-electron chi connectivity index (χ3n) is 3.87. The van der Waals surface area contributed by atoms with Crippen LogP contribution in [0, 0.1) is 0 Å². The molecule has 3 rings (SSSR count). The molecule has 0 saturated heterocycles. The monoisotopic (exact) mass is 397 g/mol. The Morgan fingerprint density at radius 2 is 1.89 bits per heavy atom. The van der Waals surface area contributed by atoms with Crippen LogP contribution in [0.3, 0.4) is 0 Å². The van der Waals surface area contributed by atoms with Gasteiger partial charge in [-0.3, -0.25) is 14.7 Å². The average molecular weight is 397 g/mol. The highest BCUT2D eigenvalue weighted by Crippen LogP contribution is 2.31. The molecule has 3 N–H and O–H groups in total. The van der Waals surface area contributed by atoms with E-state index in [0.29, 0.717) is 16.7 Å². The van der Waals surface area contributed by atoms with Gasteiger partial charge in [0.2, 0.25) is 5.91 Å². The molecule has 2 aromatic carbocycles. The van der Waals surface area contributed by atoms with Crippen molar-refractivity contribution in [1.29, 1.82) is 0 Å². The predicted octanol–water partition coefficient (Wildman–Crippen LogP) is 2.62. The summed E-state index contributed by atoms with van der Waals surface area (Å²) in [7, 11) is 1.60. The number of carbonyl (C=O) groups excluding carboxylic acids is 2. The highest BCUT2D eigenvalue weighted by molar-refractivity contribution is 8.00. The van der Waals surface area contributed by atoms with Gasteiger partial charge < -0.3 is 10.5 Å². The Hall–Kier alpha value is -3.33. The number of hydrogen-bond acceptors (Lipinski definition) is 6. The topological polar surface area (TPSA) is 112 Å². The third-order valence-corrected chi connectivity index (χ3v) is 4.92. The van der Waals surface area contributed by atoms with Crippen molar-refractivity contribution in [3.8, 4) is 22.8 Å². The smallest absolute Gasteiger partial charge is 0.318 e. The number of ether oxygens (including phenoxy) is 1. The molecular weight excluding hydrogens is 378 g/mol. The summed E-state index contributed by atoms with van der Waals surface area (Å²) in [5, 5.41) is 10.6. The molecule has 0 radical (unpaired) electrons. The summed E-state index contributed by atoms with van der Waals surface area (Å²) in [6.07, 6.45) is 0. The molecule has 0 aliphatic rings.